The summed E-state index contributed by atoms with van der Waals surface area (Å²) in [6.07, 6.45) is 59.9. The molecule has 48 heavy (non-hydrogen) atoms. The normalized spacial score (nSPS) is 12.6. The fraction of sp³-hybridized carbons (Fsp3) is 0.652. The van der Waals surface area contributed by atoms with Gasteiger partial charge < -0.3 is 10.2 Å². The first-order valence-electron chi connectivity index (χ1n) is 19.6. The Bertz CT molecular complexity index is 1020. The highest BCUT2D eigenvalue weighted by Crippen LogP contribution is 2.14. The van der Waals surface area contributed by atoms with Crippen molar-refractivity contribution in [3.8, 4) is 48.4 Å². The van der Waals surface area contributed by atoms with E-state index < -0.39 is 12.2 Å². The van der Waals surface area contributed by atoms with E-state index in [0.29, 0.717) is 0 Å². The minimum atomic E-state index is -0.866. The zero-order valence-corrected chi connectivity index (χ0v) is 30.6. The first-order chi connectivity index (χ1) is 23.7. The lowest BCUT2D eigenvalue weighted by molar-refractivity contribution is 0.280. The predicted molar refractivity (Wildman–Crippen MR) is 211 cm³/mol. The van der Waals surface area contributed by atoms with Crippen molar-refractivity contribution < 1.29 is 10.2 Å². The largest absolute Gasteiger partial charge is 0.377 e. The van der Waals surface area contributed by atoms with Crippen molar-refractivity contribution in [2.75, 3.05) is 0 Å². The quantitative estimate of drug-likeness (QED) is 0.0444. The van der Waals surface area contributed by atoms with Crippen molar-refractivity contribution in [1.82, 2.24) is 0 Å². The summed E-state index contributed by atoms with van der Waals surface area (Å²) in [6, 6.07) is 0. The number of aliphatic hydroxyl groups is 2. The summed E-state index contributed by atoms with van der Waals surface area (Å²) in [4.78, 5) is 0. The van der Waals surface area contributed by atoms with Gasteiger partial charge in [-0.25, -0.2) is 0 Å². The highest BCUT2D eigenvalue weighted by molar-refractivity contribution is 5.24. The SMILES string of the molecule is C#CCCCCCCCCCCCCCCCC/C=C/CC/C=C/C#C[C@H](O)C#CCCCC/C=C/CCCCCC/C=C/[C@@H](O)C#C. The van der Waals surface area contributed by atoms with Gasteiger partial charge in [0, 0.05) is 12.8 Å². The third kappa shape index (κ3) is 39.3. The number of allylic oxidation sites excluding steroid dienone is 7. The predicted octanol–water partition coefficient (Wildman–Crippen LogP) is 12.1. The van der Waals surface area contributed by atoms with Gasteiger partial charge in [0.1, 0.15) is 6.10 Å². The molecule has 0 aliphatic heterocycles. The average molecular weight is 655 g/mol. The lowest BCUT2D eigenvalue weighted by Crippen LogP contribution is -1.97. The van der Waals surface area contributed by atoms with Gasteiger partial charge in [0.05, 0.1) is 0 Å². The van der Waals surface area contributed by atoms with Gasteiger partial charge in [0.15, 0.2) is 6.10 Å². The molecule has 0 radical (unpaired) electrons. The Hall–Kier alpha value is -2.88. The second-order valence-electron chi connectivity index (χ2n) is 12.9. The van der Waals surface area contributed by atoms with Crippen LogP contribution in [0.4, 0.5) is 0 Å². The van der Waals surface area contributed by atoms with Crippen molar-refractivity contribution in [1.29, 1.82) is 0 Å². The van der Waals surface area contributed by atoms with Gasteiger partial charge in [0.2, 0.25) is 0 Å². The monoisotopic (exact) mass is 655 g/mol. The van der Waals surface area contributed by atoms with Crippen LogP contribution < -0.4 is 0 Å². The Morgan fingerprint density at radius 2 is 0.854 bits per heavy atom. The molecule has 0 fully saturated rings. The highest BCUT2D eigenvalue weighted by atomic mass is 16.3. The van der Waals surface area contributed by atoms with E-state index in [1.54, 1.807) is 6.08 Å². The molecular weight excluding hydrogens is 585 g/mol. The molecule has 0 aromatic rings. The molecule has 0 aliphatic rings. The van der Waals surface area contributed by atoms with Crippen LogP contribution in [0, 0.1) is 48.4 Å². The molecule has 0 spiro atoms. The second kappa shape index (κ2) is 40.3. The smallest absolute Gasteiger partial charge is 0.176 e. The maximum Gasteiger partial charge on any atom is 0.176 e. The van der Waals surface area contributed by atoms with Gasteiger partial charge in [-0.05, 0) is 89.2 Å². The highest BCUT2D eigenvalue weighted by Gasteiger charge is 1.95. The zero-order chi connectivity index (χ0) is 34.9. The van der Waals surface area contributed by atoms with Crippen LogP contribution in [0.15, 0.2) is 48.6 Å². The Balaban J connectivity index is 3.50. The van der Waals surface area contributed by atoms with Gasteiger partial charge in [0.25, 0.3) is 0 Å². The van der Waals surface area contributed by atoms with E-state index in [4.69, 9.17) is 12.8 Å². The first kappa shape index (κ1) is 45.1. The van der Waals surface area contributed by atoms with Crippen molar-refractivity contribution in [2.24, 2.45) is 0 Å². The third-order valence-corrected chi connectivity index (χ3v) is 8.34. The van der Waals surface area contributed by atoms with Gasteiger partial charge in [-0.2, -0.15) is 0 Å². The summed E-state index contributed by atoms with van der Waals surface area (Å²) in [7, 11) is 0. The molecule has 2 atom stereocenters. The maximum absolute atomic E-state index is 9.93. The zero-order valence-electron chi connectivity index (χ0n) is 30.6. The van der Waals surface area contributed by atoms with Crippen molar-refractivity contribution >= 4 is 0 Å². The van der Waals surface area contributed by atoms with E-state index in [-0.39, 0.29) is 0 Å². The number of hydrogen-bond donors (Lipinski definition) is 2. The average Bonchev–Trinajstić information content (AvgIpc) is 3.09. The molecule has 2 nitrogen and oxygen atoms in total. The summed E-state index contributed by atoms with van der Waals surface area (Å²) in [5.41, 5.74) is 0. The molecule has 0 unspecified atom stereocenters. The van der Waals surface area contributed by atoms with Crippen molar-refractivity contribution in [3.05, 3.63) is 48.6 Å². The van der Waals surface area contributed by atoms with Crippen LogP contribution >= 0.6 is 0 Å². The fourth-order valence-electron chi connectivity index (χ4n) is 5.38. The molecule has 0 aromatic carbocycles. The van der Waals surface area contributed by atoms with Crippen LogP contribution in [-0.4, -0.2) is 22.4 Å². The van der Waals surface area contributed by atoms with Crippen LogP contribution in [0.2, 0.25) is 0 Å². The number of terminal acetylenes is 2. The summed E-state index contributed by atoms with van der Waals surface area (Å²) >= 11 is 0. The van der Waals surface area contributed by atoms with E-state index in [1.165, 1.54) is 116 Å². The topological polar surface area (TPSA) is 40.5 Å². The molecule has 0 saturated carbocycles. The van der Waals surface area contributed by atoms with Gasteiger partial charge in [-0.3, -0.25) is 0 Å². The van der Waals surface area contributed by atoms with Gasteiger partial charge in [-0.15, -0.1) is 18.8 Å². The summed E-state index contributed by atoms with van der Waals surface area (Å²) in [5, 5.41) is 19.2. The Morgan fingerprint density at radius 3 is 1.38 bits per heavy atom. The number of unbranched alkanes of at least 4 members (excludes halogenated alkanes) is 24. The van der Waals surface area contributed by atoms with Crippen LogP contribution in [0.1, 0.15) is 180 Å². The van der Waals surface area contributed by atoms with Crippen LogP contribution in [-0.2, 0) is 0 Å². The molecule has 2 N–H and O–H groups in total. The summed E-state index contributed by atoms with van der Waals surface area (Å²) in [6.45, 7) is 0. The third-order valence-electron chi connectivity index (χ3n) is 8.34. The van der Waals surface area contributed by atoms with Crippen molar-refractivity contribution in [3.63, 3.8) is 0 Å². The van der Waals surface area contributed by atoms with Crippen LogP contribution in [0.3, 0.4) is 0 Å². The van der Waals surface area contributed by atoms with Crippen LogP contribution in [0.25, 0.3) is 0 Å². The molecule has 0 aromatic heterocycles. The molecule has 2 heteroatoms. The molecule has 0 aliphatic carbocycles. The Kier molecular flexibility index (Phi) is 37.9. The van der Waals surface area contributed by atoms with Gasteiger partial charge >= 0.3 is 0 Å². The molecule has 0 bridgehead atoms. The number of aliphatic hydroxyl groups excluding tert-OH is 2. The van der Waals surface area contributed by atoms with E-state index in [2.05, 4.69) is 65.9 Å². The number of hydrogen-bond acceptors (Lipinski definition) is 2. The summed E-state index contributed by atoms with van der Waals surface area (Å²) in [5.74, 6) is 16.6. The Labute approximate surface area is 298 Å². The molecule has 266 valence electrons. The van der Waals surface area contributed by atoms with Gasteiger partial charge in [-0.1, -0.05) is 156 Å². The second-order valence-corrected chi connectivity index (χ2v) is 12.9. The minimum Gasteiger partial charge on any atom is -0.377 e. The first-order valence-corrected chi connectivity index (χ1v) is 19.6. The Morgan fingerprint density at radius 1 is 0.438 bits per heavy atom. The fourth-order valence-corrected chi connectivity index (χ4v) is 5.38. The number of rotatable bonds is 31. The summed E-state index contributed by atoms with van der Waals surface area (Å²) < 4.78 is 0. The lowest BCUT2D eigenvalue weighted by atomic mass is 10.0. The molecule has 0 amide bonds. The van der Waals surface area contributed by atoms with E-state index >= 15 is 0 Å². The molecule has 0 saturated heterocycles. The molecular formula is C46H70O2. The van der Waals surface area contributed by atoms with E-state index in [9.17, 15) is 10.2 Å². The molecule has 0 heterocycles. The standard InChI is InChI=1S/C46H70O2/c1-3-5-6-7-8-9-10-11-12-13-14-15-16-17-18-19-20-21-25-28-31-34-37-40-43-46(48)44-41-38-35-32-29-26-23-22-24-27-30-33-36-39-42-45(47)4-2/h1-2,21,23,25-26,34,37,39,42,45-48H,5-20,22,24,27-33,35-36,38H2/b25-21+,26-23+,37-34+,42-39+/t45-,46-/m0/s1. The van der Waals surface area contributed by atoms with Crippen molar-refractivity contribution in [2.45, 2.75) is 192 Å². The van der Waals surface area contributed by atoms with E-state index in [1.807, 2.05) is 12.2 Å². The molecule has 0 rings (SSSR count). The van der Waals surface area contributed by atoms with E-state index in [0.717, 1.165) is 64.2 Å². The maximum atomic E-state index is 9.93. The minimum absolute atomic E-state index is 0.745. The lowest BCUT2D eigenvalue weighted by Gasteiger charge is -2.03. The van der Waals surface area contributed by atoms with Crippen LogP contribution in [0.5, 0.6) is 0 Å².